The normalized spacial score (nSPS) is 16.6. The van der Waals surface area contributed by atoms with E-state index in [1.165, 1.54) is 20.9 Å². The third-order valence-electron chi connectivity index (χ3n) is 5.97. The van der Waals surface area contributed by atoms with Gasteiger partial charge in [-0.1, -0.05) is 45.1 Å². The summed E-state index contributed by atoms with van der Waals surface area (Å²) in [4.78, 5) is 14.4. The monoisotopic (exact) mass is 432 g/mol. The Kier molecular flexibility index (Phi) is 6.42. The molecule has 1 unspecified atom stereocenters. The highest BCUT2D eigenvalue weighted by Gasteiger charge is 2.28. The number of aryl methyl sites for hydroxylation is 1. The van der Waals surface area contributed by atoms with E-state index in [1.807, 2.05) is 11.3 Å². The van der Waals surface area contributed by atoms with Crippen LogP contribution in [-0.4, -0.2) is 23.1 Å². The number of rotatable bonds is 7. The Morgan fingerprint density at radius 2 is 2.00 bits per heavy atom. The minimum Gasteiger partial charge on any atom is -0.354 e. The van der Waals surface area contributed by atoms with Crippen molar-refractivity contribution in [1.29, 1.82) is 0 Å². The lowest BCUT2D eigenvalue weighted by molar-refractivity contribution is 0.561. The van der Waals surface area contributed by atoms with Crippen LogP contribution in [0.2, 0.25) is 0 Å². The molecule has 3 heterocycles. The third kappa shape index (κ3) is 4.38. The molecule has 4 rings (SSSR count). The number of aromatic nitrogens is 2. The van der Waals surface area contributed by atoms with Crippen molar-refractivity contribution in [2.45, 2.75) is 47.0 Å². The van der Waals surface area contributed by atoms with Crippen molar-refractivity contribution in [2.75, 3.05) is 23.3 Å². The Morgan fingerprint density at radius 1 is 1.19 bits per heavy atom. The number of nitrogens with zero attached hydrogens (tertiary/aromatic N) is 3. The maximum Gasteiger partial charge on any atom is 0.224 e. The largest absolute Gasteiger partial charge is 0.354 e. The number of allylic oxidation sites excluding steroid dienone is 5. The number of fused-ring (bicyclic) bond motifs is 1. The molecular formula is C26H32N4S. The molecule has 0 spiro atoms. The van der Waals surface area contributed by atoms with Crippen LogP contribution in [0.15, 0.2) is 42.6 Å². The highest BCUT2D eigenvalue weighted by molar-refractivity contribution is 7.14. The van der Waals surface area contributed by atoms with Crippen LogP contribution < -0.4 is 10.2 Å². The Balaban J connectivity index is 1.78. The lowest BCUT2D eigenvalue weighted by atomic mass is 9.98. The Hall–Kier alpha value is -2.66. The topological polar surface area (TPSA) is 41.1 Å². The SMILES string of the molecule is C=C1C(c2ccc(C3=CCCC=C3)s2)=Cc2c(C)nc(NCC)nc2N1CC(C)CC. The maximum atomic E-state index is 4.87. The predicted molar refractivity (Wildman–Crippen MR) is 135 cm³/mol. The summed E-state index contributed by atoms with van der Waals surface area (Å²) in [6, 6.07) is 4.47. The lowest BCUT2D eigenvalue weighted by Gasteiger charge is -2.34. The molecule has 1 atom stereocenters. The molecular weight excluding hydrogens is 400 g/mol. The van der Waals surface area contributed by atoms with Gasteiger partial charge in [-0.25, -0.2) is 4.98 Å². The van der Waals surface area contributed by atoms with Crippen LogP contribution in [0.5, 0.6) is 0 Å². The van der Waals surface area contributed by atoms with Gasteiger partial charge in [-0.3, -0.25) is 0 Å². The van der Waals surface area contributed by atoms with Gasteiger partial charge in [-0.2, -0.15) is 4.98 Å². The number of hydrogen-bond acceptors (Lipinski definition) is 5. The summed E-state index contributed by atoms with van der Waals surface area (Å²) in [5.41, 5.74) is 5.62. The fraction of sp³-hybridized carbons (Fsp3) is 0.385. The summed E-state index contributed by atoms with van der Waals surface area (Å²) in [5, 5.41) is 3.27. The highest BCUT2D eigenvalue weighted by atomic mass is 32.1. The zero-order valence-electron chi connectivity index (χ0n) is 19.0. The van der Waals surface area contributed by atoms with Crippen molar-refractivity contribution >= 4 is 40.3 Å². The Labute approximate surface area is 190 Å². The van der Waals surface area contributed by atoms with Crippen molar-refractivity contribution in [3.8, 4) is 0 Å². The molecule has 5 heteroatoms. The zero-order chi connectivity index (χ0) is 22.0. The summed E-state index contributed by atoms with van der Waals surface area (Å²) in [6.45, 7) is 14.9. The molecule has 1 aliphatic heterocycles. The van der Waals surface area contributed by atoms with Gasteiger partial charge in [0.2, 0.25) is 5.95 Å². The third-order valence-corrected chi connectivity index (χ3v) is 7.14. The summed E-state index contributed by atoms with van der Waals surface area (Å²) >= 11 is 1.84. The molecule has 0 radical (unpaired) electrons. The van der Waals surface area contributed by atoms with Gasteiger partial charge < -0.3 is 10.2 Å². The van der Waals surface area contributed by atoms with Crippen LogP contribution in [-0.2, 0) is 0 Å². The van der Waals surface area contributed by atoms with Gasteiger partial charge in [-0.15, -0.1) is 11.3 Å². The molecule has 1 aliphatic carbocycles. The molecule has 2 aromatic rings. The van der Waals surface area contributed by atoms with Crippen LogP contribution in [0.3, 0.4) is 0 Å². The summed E-state index contributed by atoms with van der Waals surface area (Å²) < 4.78 is 0. The van der Waals surface area contributed by atoms with Crippen molar-refractivity contribution < 1.29 is 0 Å². The molecule has 1 N–H and O–H groups in total. The Bertz CT molecular complexity index is 1070. The molecule has 0 saturated carbocycles. The summed E-state index contributed by atoms with van der Waals surface area (Å²) in [5.74, 6) is 2.19. The van der Waals surface area contributed by atoms with E-state index in [0.717, 1.165) is 55.1 Å². The van der Waals surface area contributed by atoms with E-state index in [4.69, 9.17) is 9.97 Å². The second kappa shape index (κ2) is 9.23. The molecule has 0 bridgehead atoms. The second-order valence-electron chi connectivity index (χ2n) is 8.33. The fourth-order valence-electron chi connectivity index (χ4n) is 3.96. The molecule has 0 amide bonds. The van der Waals surface area contributed by atoms with Gasteiger partial charge in [0.1, 0.15) is 5.82 Å². The number of thiophene rings is 1. The zero-order valence-corrected chi connectivity index (χ0v) is 19.9. The average molecular weight is 433 g/mol. The first kappa shape index (κ1) is 21.6. The molecule has 4 nitrogen and oxygen atoms in total. The fourth-order valence-corrected chi connectivity index (χ4v) is 5.03. The first-order valence-corrected chi connectivity index (χ1v) is 12.1. The van der Waals surface area contributed by atoms with Crippen LogP contribution in [0.25, 0.3) is 17.2 Å². The van der Waals surface area contributed by atoms with Gasteiger partial charge in [-0.05, 0) is 56.4 Å². The molecule has 0 fully saturated rings. The second-order valence-corrected chi connectivity index (χ2v) is 9.42. The minimum atomic E-state index is 0.540. The molecule has 0 aromatic carbocycles. The van der Waals surface area contributed by atoms with Crippen LogP contribution in [0, 0.1) is 12.8 Å². The lowest BCUT2D eigenvalue weighted by Crippen LogP contribution is -2.31. The molecule has 2 aromatic heterocycles. The molecule has 31 heavy (non-hydrogen) atoms. The number of hydrogen-bond donors (Lipinski definition) is 1. The molecule has 0 saturated heterocycles. The average Bonchev–Trinajstić information content (AvgIpc) is 3.26. The van der Waals surface area contributed by atoms with Crippen LogP contribution in [0.4, 0.5) is 11.8 Å². The van der Waals surface area contributed by atoms with E-state index in [2.05, 4.69) is 80.9 Å². The summed E-state index contributed by atoms with van der Waals surface area (Å²) in [7, 11) is 0. The smallest absolute Gasteiger partial charge is 0.224 e. The van der Waals surface area contributed by atoms with Crippen molar-refractivity contribution in [3.63, 3.8) is 0 Å². The predicted octanol–water partition coefficient (Wildman–Crippen LogP) is 6.93. The first-order chi connectivity index (χ1) is 15.0. The molecule has 2 aliphatic rings. The van der Waals surface area contributed by atoms with E-state index >= 15 is 0 Å². The minimum absolute atomic E-state index is 0.540. The van der Waals surface area contributed by atoms with Gasteiger partial charge in [0, 0.05) is 39.7 Å². The van der Waals surface area contributed by atoms with Crippen molar-refractivity contribution in [3.05, 3.63) is 63.6 Å². The van der Waals surface area contributed by atoms with E-state index < -0.39 is 0 Å². The van der Waals surface area contributed by atoms with E-state index in [9.17, 15) is 0 Å². The van der Waals surface area contributed by atoms with Crippen LogP contribution in [0.1, 0.15) is 61.0 Å². The van der Waals surface area contributed by atoms with Crippen molar-refractivity contribution in [2.24, 2.45) is 5.92 Å². The first-order valence-electron chi connectivity index (χ1n) is 11.3. The number of nitrogens with one attached hydrogen (secondary N) is 1. The van der Waals surface area contributed by atoms with Crippen LogP contribution >= 0.6 is 11.3 Å². The van der Waals surface area contributed by atoms with Gasteiger partial charge in [0.25, 0.3) is 0 Å². The van der Waals surface area contributed by atoms with Gasteiger partial charge in [0.05, 0.1) is 5.69 Å². The van der Waals surface area contributed by atoms with Gasteiger partial charge in [0.15, 0.2) is 0 Å². The standard InChI is InChI=1S/C26H32N4S/c1-6-17(3)16-30-19(5)22(15-21-18(4)28-26(27-7-2)29-25(21)30)24-14-13-23(31-24)20-11-9-8-10-12-20/h9,11-15,17H,5-8,10,16H2,1-4H3,(H,27,28,29). The highest BCUT2D eigenvalue weighted by Crippen LogP contribution is 2.42. The maximum absolute atomic E-state index is 4.87. The van der Waals surface area contributed by atoms with E-state index in [-0.39, 0.29) is 0 Å². The quantitative estimate of drug-likeness (QED) is 0.515. The van der Waals surface area contributed by atoms with E-state index in [0.29, 0.717) is 11.9 Å². The Morgan fingerprint density at radius 3 is 2.71 bits per heavy atom. The van der Waals surface area contributed by atoms with E-state index in [1.54, 1.807) is 0 Å². The summed E-state index contributed by atoms with van der Waals surface area (Å²) in [6.07, 6.45) is 12.5. The molecule has 162 valence electrons. The van der Waals surface area contributed by atoms with Gasteiger partial charge >= 0.3 is 0 Å². The number of anilines is 2. The van der Waals surface area contributed by atoms with Crippen molar-refractivity contribution in [1.82, 2.24) is 9.97 Å².